The van der Waals surface area contributed by atoms with Gasteiger partial charge in [0.2, 0.25) is 15.9 Å². The van der Waals surface area contributed by atoms with Crippen molar-refractivity contribution in [2.24, 2.45) is 0 Å². The molecule has 2 aromatic rings. The van der Waals surface area contributed by atoms with Crippen molar-refractivity contribution in [3.63, 3.8) is 0 Å². The molecular weight excluding hydrogens is 419 g/mol. The van der Waals surface area contributed by atoms with Crippen molar-refractivity contribution < 1.29 is 13.2 Å². The first-order valence-corrected chi connectivity index (χ1v) is 11.4. The third-order valence-electron chi connectivity index (χ3n) is 4.96. The largest absolute Gasteiger partial charge is 0.350 e. The lowest BCUT2D eigenvalue weighted by atomic mass is 9.82. The topological polar surface area (TPSA) is 75.3 Å². The zero-order valence-electron chi connectivity index (χ0n) is 15.3. The molecule has 3 rings (SSSR count). The highest BCUT2D eigenvalue weighted by Crippen LogP contribution is 2.30. The van der Waals surface area contributed by atoms with Crippen LogP contribution in [0.2, 0.25) is 10.0 Å². The molecule has 1 aliphatic rings. The number of halogens is 2. The molecule has 0 aliphatic heterocycles. The molecule has 1 aliphatic carbocycles. The lowest BCUT2D eigenvalue weighted by molar-refractivity contribution is -0.128. The molecule has 28 heavy (non-hydrogen) atoms. The van der Waals surface area contributed by atoms with Crippen molar-refractivity contribution >= 4 is 39.1 Å². The first kappa shape index (κ1) is 21.1. The van der Waals surface area contributed by atoms with Gasteiger partial charge in [-0.3, -0.25) is 4.79 Å². The zero-order chi connectivity index (χ0) is 20.2. The van der Waals surface area contributed by atoms with E-state index in [9.17, 15) is 13.2 Å². The number of hydrogen-bond donors (Lipinski definition) is 2. The first-order valence-electron chi connectivity index (χ1n) is 9.13. The summed E-state index contributed by atoms with van der Waals surface area (Å²) in [5.74, 6) is -0.306. The van der Waals surface area contributed by atoms with E-state index in [1.807, 2.05) is 12.1 Å². The number of hydrogen-bond acceptors (Lipinski definition) is 3. The predicted molar refractivity (Wildman–Crippen MR) is 111 cm³/mol. The van der Waals surface area contributed by atoms with E-state index in [1.165, 1.54) is 24.3 Å². The van der Waals surface area contributed by atoms with E-state index < -0.39 is 15.6 Å². The number of amides is 1. The average Bonchev–Trinajstić information content (AvgIpc) is 2.68. The summed E-state index contributed by atoms with van der Waals surface area (Å²) in [6.07, 6.45) is 3.49. The van der Waals surface area contributed by atoms with E-state index in [-0.39, 0.29) is 10.8 Å². The van der Waals surface area contributed by atoms with Gasteiger partial charge in [0.05, 0.1) is 4.90 Å². The summed E-state index contributed by atoms with van der Waals surface area (Å²) in [5, 5.41) is 3.95. The molecule has 1 saturated carbocycles. The summed E-state index contributed by atoms with van der Waals surface area (Å²) in [4.78, 5) is 13.1. The van der Waals surface area contributed by atoms with Crippen molar-refractivity contribution in [2.45, 2.75) is 49.1 Å². The molecule has 0 spiro atoms. The van der Waals surface area contributed by atoms with Crippen LogP contribution in [0.5, 0.6) is 0 Å². The van der Waals surface area contributed by atoms with Gasteiger partial charge in [0.1, 0.15) is 5.54 Å². The van der Waals surface area contributed by atoms with E-state index in [0.29, 0.717) is 29.4 Å². The van der Waals surface area contributed by atoms with Crippen LogP contribution in [-0.4, -0.2) is 19.9 Å². The van der Waals surface area contributed by atoms with Gasteiger partial charge in [-0.1, -0.05) is 54.6 Å². The number of nitrogens with one attached hydrogen (secondary N) is 2. The highest BCUT2D eigenvalue weighted by atomic mass is 35.5. The maximum Gasteiger partial charge on any atom is 0.241 e. The van der Waals surface area contributed by atoms with Gasteiger partial charge in [-0.15, -0.1) is 0 Å². The Hall–Kier alpha value is -1.60. The van der Waals surface area contributed by atoms with Crippen LogP contribution in [0.1, 0.15) is 37.7 Å². The summed E-state index contributed by atoms with van der Waals surface area (Å²) < 4.78 is 28.5. The number of sulfonamides is 1. The van der Waals surface area contributed by atoms with Gasteiger partial charge in [0.25, 0.3) is 0 Å². The number of carbonyl (C=O) groups is 1. The van der Waals surface area contributed by atoms with E-state index in [0.717, 1.165) is 24.8 Å². The summed E-state index contributed by atoms with van der Waals surface area (Å²) in [5.41, 5.74) is -0.257. The smallest absolute Gasteiger partial charge is 0.241 e. The van der Waals surface area contributed by atoms with E-state index in [4.69, 9.17) is 23.2 Å². The highest BCUT2D eigenvalue weighted by Gasteiger charge is 2.42. The number of carbonyl (C=O) groups excluding carboxylic acids is 1. The molecule has 1 fully saturated rings. The maximum atomic E-state index is 13.0. The maximum absolute atomic E-state index is 13.0. The van der Waals surface area contributed by atoms with Crippen LogP contribution < -0.4 is 10.0 Å². The Morgan fingerprint density at radius 2 is 1.43 bits per heavy atom. The Balaban J connectivity index is 1.78. The standard InChI is InChI=1S/C20H22Cl2N2O3S/c21-16-6-4-15(5-7-16)14-23-19(25)20(12-2-1-3-13-20)24-28(26,27)18-10-8-17(22)9-11-18/h4-11,24H,1-3,12-14H2,(H,23,25). The van der Waals surface area contributed by atoms with Gasteiger partial charge in [-0.2, -0.15) is 4.72 Å². The second-order valence-electron chi connectivity index (χ2n) is 7.01. The minimum atomic E-state index is -3.86. The van der Waals surface area contributed by atoms with Crippen molar-refractivity contribution in [2.75, 3.05) is 0 Å². The fraction of sp³-hybridized carbons (Fsp3) is 0.350. The van der Waals surface area contributed by atoms with Gasteiger partial charge >= 0.3 is 0 Å². The van der Waals surface area contributed by atoms with Crippen LogP contribution in [-0.2, 0) is 21.4 Å². The van der Waals surface area contributed by atoms with Gasteiger partial charge in [-0.05, 0) is 54.8 Å². The molecule has 0 radical (unpaired) electrons. The van der Waals surface area contributed by atoms with Crippen molar-refractivity contribution in [3.05, 3.63) is 64.1 Å². The lowest BCUT2D eigenvalue weighted by Gasteiger charge is -2.36. The summed E-state index contributed by atoms with van der Waals surface area (Å²) in [6, 6.07) is 13.1. The molecule has 150 valence electrons. The van der Waals surface area contributed by atoms with Crippen LogP contribution in [0.15, 0.2) is 53.4 Å². The van der Waals surface area contributed by atoms with Gasteiger partial charge in [0, 0.05) is 16.6 Å². The minimum absolute atomic E-state index is 0.0901. The number of rotatable bonds is 6. The fourth-order valence-corrected chi connectivity index (χ4v) is 5.09. The SMILES string of the molecule is O=C(NCc1ccc(Cl)cc1)C1(NS(=O)(=O)c2ccc(Cl)cc2)CCCCC1. The molecule has 0 saturated heterocycles. The molecule has 0 bridgehead atoms. The van der Waals surface area contributed by atoms with Crippen LogP contribution in [0, 0.1) is 0 Å². The molecule has 5 nitrogen and oxygen atoms in total. The minimum Gasteiger partial charge on any atom is -0.350 e. The fourth-order valence-electron chi connectivity index (χ4n) is 3.41. The zero-order valence-corrected chi connectivity index (χ0v) is 17.6. The number of benzene rings is 2. The monoisotopic (exact) mass is 440 g/mol. The molecule has 8 heteroatoms. The third-order valence-corrected chi connectivity index (χ3v) is 7.02. The van der Waals surface area contributed by atoms with Crippen LogP contribution >= 0.6 is 23.2 Å². The van der Waals surface area contributed by atoms with Gasteiger partial charge in [0.15, 0.2) is 0 Å². The van der Waals surface area contributed by atoms with Crippen molar-refractivity contribution in [3.8, 4) is 0 Å². The first-order chi connectivity index (χ1) is 13.3. The Morgan fingerprint density at radius 3 is 2.00 bits per heavy atom. The van der Waals surface area contributed by atoms with Gasteiger partial charge < -0.3 is 5.32 Å². The van der Waals surface area contributed by atoms with Crippen molar-refractivity contribution in [1.29, 1.82) is 0 Å². The molecule has 2 N–H and O–H groups in total. The van der Waals surface area contributed by atoms with E-state index >= 15 is 0 Å². The molecule has 0 heterocycles. The summed E-state index contributed by atoms with van der Waals surface area (Å²) in [7, 11) is -3.86. The van der Waals surface area contributed by atoms with Gasteiger partial charge in [-0.25, -0.2) is 8.42 Å². The third kappa shape index (κ3) is 5.06. The van der Waals surface area contributed by atoms with Crippen LogP contribution in [0.25, 0.3) is 0 Å². The normalized spacial score (nSPS) is 16.5. The Morgan fingerprint density at radius 1 is 0.893 bits per heavy atom. The van der Waals surface area contributed by atoms with E-state index in [2.05, 4.69) is 10.0 Å². The quantitative estimate of drug-likeness (QED) is 0.702. The lowest BCUT2D eigenvalue weighted by Crippen LogP contribution is -2.59. The average molecular weight is 441 g/mol. The van der Waals surface area contributed by atoms with E-state index in [1.54, 1.807) is 12.1 Å². The van der Waals surface area contributed by atoms with Crippen molar-refractivity contribution in [1.82, 2.24) is 10.0 Å². The molecular formula is C20H22Cl2N2O3S. The second kappa shape index (κ2) is 8.82. The second-order valence-corrected chi connectivity index (χ2v) is 9.57. The summed E-state index contributed by atoms with van der Waals surface area (Å²) >= 11 is 11.7. The Kier molecular flexibility index (Phi) is 6.65. The molecule has 0 unspecified atom stereocenters. The molecule has 0 atom stereocenters. The molecule has 1 amide bonds. The van der Waals surface area contributed by atoms with Crippen LogP contribution in [0.4, 0.5) is 0 Å². The molecule has 0 aromatic heterocycles. The molecule has 2 aromatic carbocycles. The Labute approximate surface area is 175 Å². The highest BCUT2D eigenvalue weighted by molar-refractivity contribution is 7.89. The Bertz CT molecular complexity index is 923. The summed E-state index contributed by atoms with van der Waals surface area (Å²) in [6.45, 7) is 0.306. The predicted octanol–water partition coefficient (Wildman–Crippen LogP) is 4.29. The van der Waals surface area contributed by atoms with Crippen LogP contribution in [0.3, 0.4) is 0 Å².